The lowest BCUT2D eigenvalue weighted by Crippen LogP contribution is -2.43. The van der Waals surface area contributed by atoms with Gasteiger partial charge >= 0.3 is 0 Å². The standard InChI is InChI=1S/C25H27FN6O2/c1-15-11-17(26)20(13-22(15)33)28-19-5-6-27-24-23(19)25(34)30-21-12-16(3-4-18(21)29-24)14-32-9-7-31(2)8-10-32/h3-6,11-13,33H,7-10,14H2,1-2H3,(H,30,34)(H2,27,28,29). The van der Waals surface area contributed by atoms with Gasteiger partial charge in [0.05, 0.1) is 22.7 Å². The van der Waals surface area contributed by atoms with Crippen LogP contribution < -0.4 is 16.0 Å². The Morgan fingerprint density at radius 2 is 1.85 bits per heavy atom. The molecule has 1 fully saturated rings. The van der Waals surface area contributed by atoms with Crippen LogP contribution in [-0.2, 0) is 6.54 Å². The molecule has 0 bridgehead atoms. The van der Waals surface area contributed by atoms with Crippen LogP contribution in [0.3, 0.4) is 0 Å². The molecule has 2 aliphatic rings. The Hall–Kier alpha value is -3.69. The predicted octanol–water partition coefficient (Wildman–Crippen LogP) is 4.04. The van der Waals surface area contributed by atoms with Gasteiger partial charge in [0, 0.05) is 45.0 Å². The van der Waals surface area contributed by atoms with Crippen LogP contribution in [0.2, 0.25) is 0 Å². The van der Waals surface area contributed by atoms with E-state index < -0.39 is 5.82 Å². The summed E-state index contributed by atoms with van der Waals surface area (Å²) in [6.45, 7) is 6.53. The zero-order chi connectivity index (χ0) is 23.8. The third-order valence-electron chi connectivity index (χ3n) is 6.32. The highest BCUT2D eigenvalue weighted by atomic mass is 19.1. The van der Waals surface area contributed by atoms with Gasteiger partial charge in [0.2, 0.25) is 0 Å². The normalized spacial score (nSPS) is 16.1. The van der Waals surface area contributed by atoms with E-state index in [2.05, 4.69) is 37.8 Å². The van der Waals surface area contributed by atoms with Crippen molar-refractivity contribution in [2.75, 3.05) is 49.2 Å². The average Bonchev–Trinajstić information content (AvgIpc) is 2.95. The number of aromatic hydroxyl groups is 1. The number of carbonyl (C=O) groups excluding carboxylic acids is 1. The van der Waals surface area contributed by atoms with Gasteiger partial charge in [-0.3, -0.25) is 9.69 Å². The molecule has 1 aromatic heterocycles. The molecule has 3 aromatic rings. The van der Waals surface area contributed by atoms with Gasteiger partial charge in [0.1, 0.15) is 22.9 Å². The molecule has 1 saturated heterocycles. The summed E-state index contributed by atoms with van der Waals surface area (Å²) >= 11 is 0. The minimum Gasteiger partial charge on any atom is -0.508 e. The highest BCUT2D eigenvalue weighted by Crippen LogP contribution is 2.36. The van der Waals surface area contributed by atoms with Gasteiger partial charge in [0.25, 0.3) is 5.91 Å². The topological polar surface area (TPSA) is 92.8 Å². The number of hydrogen-bond donors (Lipinski definition) is 4. The summed E-state index contributed by atoms with van der Waals surface area (Å²) in [5.74, 6) is -0.554. The van der Waals surface area contributed by atoms with E-state index in [0.717, 1.165) is 44.0 Å². The molecule has 0 radical (unpaired) electrons. The molecule has 2 aromatic carbocycles. The number of hydrogen-bond acceptors (Lipinski definition) is 7. The molecule has 0 saturated carbocycles. The predicted molar refractivity (Wildman–Crippen MR) is 131 cm³/mol. The number of phenolic OH excluding ortho intramolecular Hbond substituents is 1. The van der Waals surface area contributed by atoms with Crippen LogP contribution in [0.5, 0.6) is 5.75 Å². The van der Waals surface area contributed by atoms with E-state index in [9.17, 15) is 14.3 Å². The molecule has 0 aliphatic carbocycles. The molecule has 176 valence electrons. The van der Waals surface area contributed by atoms with E-state index in [4.69, 9.17) is 0 Å². The number of phenols is 1. The first-order chi connectivity index (χ1) is 16.4. The first-order valence-electron chi connectivity index (χ1n) is 11.2. The number of halogens is 1. The number of nitrogens with one attached hydrogen (secondary N) is 3. The molecule has 0 spiro atoms. The van der Waals surface area contributed by atoms with Crippen LogP contribution in [0, 0.1) is 12.7 Å². The number of anilines is 5. The SMILES string of the molecule is Cc1cc(F)c(Nc2ccnc3c2C(=O)Nc2cc(CN4CCN(C)CC4)ccc2N3)cc1O. The number of benzene rings is 2. The zero-order valence-electron chi connectivity index (χ0n) is 19.2. The van der Waals surface area contributed by atoms with E-state index in [-0.39, 0.29) is 22.9 Å². The van der Waals surface area contributed by atoms with Crippen molar-refractivity contribution in [2.45, 2.75) is 13.5 Å². The van der Waals surface area contributed by atoms with Gasteiger partial charge in [-0.05, 0) is 49.4 Å². The fourth-order valence-electron chi connectivity index (χ4n) is 4.27. The van der Waals surface area contributed by atoms with E-state index >= 15 is 0 Å². The molecule has 1 amide bonds. The van der Waals surface area contributed by atoms with Gasteiger partial charge in [0.15, 0.2) is 0 Å². The van der Waals surface area contributed by atoms with Crippen molar-refractivity contribution in [3.63, 3.8) is 0 Å². The highest BCUT2D eigenvalue weighted by Gasteiger charge is 2.25. The summed E-state index contributed by atoms with van der Waals surface area (Å²) in [6.07, 6.45) is 1.54. The van der Waals surface area contributed by atoms with Crippen LogP contribution in [0.25, 0.3) is 0 Å². The molecule has 4 N–H and O–H groups in total. The minimum atomic E-state index is -0.528. The molecule has 5 rings (SSSR count). The van der Waals surface area contributed by atoms with E-state index in [1.807, 2.05) is 18.2 Å². The Morgan fingerprint density at radius 1 is 1.06 bits per heavy atom. The van der Waals surface area contributed by atoms with E-state index in [1.54, 1.807) is 19.2 Å². The van der Waals surface area contributed by atoms with E-state index in [1.165, 1.54) is 12.1 Å². The van der Waals surface area contributed by atoms with Gasteiger partial charge in [-0.2, -0.15) is 0 Å². The lowest BCUT2D eigenvalue weighted by atomic mass is 10.1. The highest BCUT2D eigenvalue weighted by molar-refractivity contribution is 6.15. The Balaban J connectivity index is 1.41. The molecule has 0 unspecified atom stereocenters. The van der Waals surface area contributed by atoms with Crippen LogP contribution in [0.1, 0.15) is 21.5 Å². The summed E-state index contributed by atoms with van der Waals surface area (Å²) in [6, 6.07) is 10.1. The number of fused-ring (bicyclic) bond motifs is 2. The molecular weight excluding hydrogens is 435 g/mol. The van der Waals surface area contributed by atoms with Gasteiger partial charge in [-0.15, -0.1) is 0 Å². The Bertz CT molecular complexity index is 1260. The second kappa shape index (κ2) is 8.92. The maximum atomic E-state index is 14.5. The number of piperazine rings is 1. The Morgan fingerprint density at radius 3 is 2.65 bits per heavy atom. The van der Waals surface area contributed by atoms with Crippen molar-refractivity contribution < 1.29 is 14.3 Å². The van der Waals surface area contributed by atoms with Gasteiger partial charge in [-0.25, -0.2) is 9.37 Å². The smallest absolute Gasteiger partial charge is 0.261 e. The monoisotopic (exact) mass is 462 g/mol. The number of nitrogens with zero attached hydrogens (tertiary/aromatic N) is 3. The second-order valence-corrected chi connectivity index (χ2v) is 8.86. The van der Waals surface area contributed by atoms with Gasteiger partial charge in [-0.1, -0.05) is 6.07 Å². The zero-order valence-corrected chi connectivity index (χ0v) is 19.2. The molecule has 34 heavy (non-hydrogen) atoms. The maximum absolute atomic E-state index is 14.5. The second-order valence-electron chi connectivity index (χ2n) is 8.86. The summed E-state index contributed by atoms with van der Waals surface area (Å²) in [4.78, 5) is 22.3. The molecule has 9 heteroatoms. The Labute approximate surface area is 197 Å². The van der Waals surface area contributed by atoms with Crippen molar-refractivity contribution in [1.82, 2.24) is 14.8 Å². The minimum absolute atomic E-state index is 0.0353. The first kappa shape index (κ1) is 22.1. The molecule has 3 heterocycles. The maximum Gasteiger partial charge on any atom is 0.261 e. The third-order valence-corrected chi connectivity index (χ3v) is 6.32. The van der Waals surface area contributed by atoms with Crippen LogP contribution >= 0.6 is 0 Å². The Kier molecular flexibility index (Phi) is 5.80. The quantitative estimate of drug-likeness (QED) is 0.465. The number of pyridine rings is 1. The van der Waals surface area contributed by atoms with E-state index in [0.29, 0.717) is 22.8 Å². The van der Waals surface area contributed by atoms with Crippen LogP contribution in [0.15, 0.2) is 42.6 Å². The summed E-state index contributed by atoms with van der Waals surface area (Å²) in [7, 11) is 2.13. The summed E-state index contributed by atoms with van der Waals surface area (Å²) in [5, 5.41) is 19.1. The summed E-state index contributed by atoms with van der Waals surface area (Å²) < 4.78 is 14.5. The van der Waals surface area contributed by atoms with Crippen molar-refractivity contribution >= 4 is 34.5 Å². The lowest BCUT2D eigenvalue weighted by Gasteiger charge is -2.32. The van der Waals surface area contributed by atoms with Crippen molar-refractivity contribution in [1.29, 1.82) is 0 Å². The molecule has 0 atom stereocenters. The first-order valence-corrected chi connectivity index (χ1v) is 11.2. The van der Waals surface area contributed by atoms with Crippen molar-refractivity contribution in [2.24, 2.45) is 0 Å². The third kappa shape index (κ3) is 4.40. The number of likely N-dealkylation sites (N-methyl/N-ethyl adjacent to an activating group) is 1. The fourth-order valence-corrected chi connectivity index (χ4v) is 4.27. The number of aromatic nitrogens is 1. The molecule has 2 aliphatic heterocycles. The molecular formula is C25H27FN6O2. The number of amides is 1. The van der Waals surface area contributed by atoms with Crippen LogP contribution in [0.4, 0.5) is 33.0 Å². The lowest BCUT2D eigenvalue weighted by molar-refractivity contribution is 0.102. The summed E-state index contributed by atoms with van der Waals surface area (Å²) in [5.41, 5.74) is 3.65. The average molecular weight is 463 g/mol. The van der Waals surface area contributed by atoms with Crippen molar-refractivity contribution in [3.05, 3.63) is 65.1 Å². The largest absolute Gasteiger partial charge is 0.508 e. The van der Waals surface area contributed by atoms with Gasteiger partial charge < -0.3 is 26.0 Å². The number of aryl methyl sites for hydroxylation is 1. The number of rotatable bonds is 4. The van der Waals surface area contributed by atoms with Crippen LogP contribution in [-0.4, -0.2) is 59.0 Å². The number of carbonyl (C=O) groups is 1. The molecule has 8 nitrogen and oxygen atoms in total. The van der Waals surface area contributed by atoms with Crippen molar-refractivity contribution in [3.8, 4) is 5.75 Å². The fraction of sp³-hybridized carbons (Fsp3) is 0.280.